The van der Waals surface area contributed by atoms with E-state index in [1.54, 1.807) is 48.5 Å². The molecule has 0 aliphatic heterocycles. The molecule has 0 fully saturated rings. The number of benzene rings is 2. The molecule has 0 aliphatic carbocycles. The Kier molecular flexibility index (Phi) is 7.29. The molecule has 124 valence electrons. The van der Waals surface area contributed by atoms with Crippen LogP contribution in [-0.2, 0) is 21.6 Å². The van der Waals surface area contributed by atoms with E-state index < -0.39 is 25.8 Å². The zero-order chi connectivity index (χ0) is 17.0. The molecule has 2 aromatic rings. The summed E-state index contributed by atoms with van der Waals surface area (Å²) in [4.78, 5) is 1.09. The second kappa shape index (κ2) is 8.77. The average Bonchev–Trinajstić information content (AvgIpc) is 2.55. The predicted molar refractivity (Wildman–Crippen MR) is 103 cm³/mol. The van der Waals surface area contributed by atoms with E-state index in [0.29, 0.717) is 26.3 Å². The highest BCUT2D eigenvalue weighted by Crippen LogP contribution is 2.31. The van der Waals surface area contributed by atoms with E-state index >= 15 is 0 Å². The highest BCUT2D eigenvalue weighted by molar-refractivity contribution is 9.11. The van der Waals surface area contributed by atoms with Gasteiger partial charge in [-0.3, -0.25) is 8.42 Å². The van der Waals surface area contributed by atoms with Crippen LogP contribution in [0.3, 0.4) is 0 Å². The fraction of sp³-hybridized carbons (Fsp3) is 0.250. The Morgan fingerprint density at radius 1 is 0.913 bits per heavy atom. The maximum atomic E-state index is 12.9. The molecule has 2 aromatic carbocycles. The Balaban J connectivity index is 2.30. The van der Waals surface area contributed by atoms with Crippen molar-refractivity contribution in [3.05, 3.63) is 58.6 Å². The Morgan fingerprint density at radius 2 is 1.35 bits per heavy atom. The minimum Gasteiger partial charge on any atom is -0.254 e. The van der Waals surface area contributed by atoms with Crippen LogP contribution in [0.25, 0.3) is 0 Å². The topological polar surface area (TPSA) is 34.1 Å². The third-order valence-corrected chi connectivity index (χ3v) is 9.82. The highest BCUT2D eigenvalue weighted by atomic mass is 79.9. The van der Waals surface area contributed by atoms with Crippen molar-refractivity contribution < 1.29 is 8.42 Å². The van der Waals surface area contributed by atoms with Crippen molar-refractivity contribution >= 4 is 60.7 Å². The van der Waals surface area contributed by atoms with Crippen molar-refractivity contribution in [1.82, 2.24) is 0 Å². The molecule has 0 amide bonds. The van der Waals surface area contributed by atoms with Crippen molar-refractivity contribution in [1.29, 1.82) is 0 Å². The minimum atomic E-state index is -1.42. The molecule has 4 atom stereocenters. The second-order valence-electron chi connectivity index (χ2n) is 4.75. The molecule has 4 unspecified atom stereocenters. The maximum Gasteiger partial charge on any atom is 0.109 e. The van der Waals surface area contributed by atoms with E-state index in [1.165, 1.54) is 0 Å². The Hall–Kier alpha value is -0.200. The van der Waals surface area contributed by atoms with E-state index in [-0.39, 0.29) is 5.25 Å². The molecule has 2 rings (SSSR count). The van der Waals surface area contributed by atoms with Crippen molar-refractivity contribution in [2.45, 2.75) is 32.5 Å². The molecule has 0 radical (unpaired) electrons. The number of hydrogen-bond donors (Lipinski definition) is 0. The lowest BCUT2D eigenvalue weighted by atomic mass is 10.4. The Morgan fingerprint density at radius 3 is 1.78 bits per heavy atom. The standard InChI is InChI=1S/C16H15BrCl2O2S2/c1-2-13(22(20)14-9-5-3-7-11(14)18)16(17)23(21)15-10-6-4-8-12(15)19/h3-10,13,16H,2H2,1H3. The fourth-order valence-corrected chi connectivity index (χ4v) is 7.45. The van der Waals surface area contributed by atoms with Gasteiger partial charge in [-0.2, -0.15) is 0 Å². The van der Waals surface area contributed by atoms with Crippen molar-refractivity contribution in [3.8, 4) is 0 Å². The van der Waals surface area contributed by atoms with Crippen LogP contribution in [-0.4, -0.2) is 17.8 Å². The molecule has 0 saturated carbocycles. The maximum absolute atomic E-state index is 12.9. The second-order valence-corrected chi connectivity index (χ2v) is 10.3. The van der Waals surface area contributed by atoms with Gasteiger partial charge >= 0.3 is 0 Å². The van der Waals surface area contributed by atoms with Gasteiger partial charge < -0.3 is 0 Å². The molecular weight excluding hydrogens is 439 g/mol. The van der Waals surface area contributed by atoms with Gasteiger partial charge in [-0.15, -0.1) is 0 Å². The molecule has 2 nitrogen and oxygen atoms in total. The molecule has 0 saturated heterocycles. The van der Waals surface area contributed by atoms with Gasteiger partial charge in [0.2, 0.25) is 0 Å². The Bertz CT molecular complexity index is 740. The lowest BCUT2D eigenvalue weighted by Gasteiger charge is -2.21. The zero-order valence-electron chi connectivity index (χ0n) is 12.2. The van der Waals surface area contributed by atoms with Gasteiger partial charge in [-0.25, -0.2) is 0 Å². The molecule has 0 aromatic heterocycles. The first-order valence-electron chi connectivity index (χ1n) is 6.91. The summed E-state index contributed by atoms with van der Waals surface area (Å²) >= 11 is 15.7. The zero-order valence-corrected chi connectivity index (χ0v) is 17.0. The third-order valence-electron chi connectivity index (χ3n) is 3.28. The number of alkyl halides is 1. The van der Waals surface area contributed by atoms with E-state index in [9.17, 15) is 8.42 Å². The van der Waals surface area contributed by atoms with Crippen LogP contribution in [0.1, 0.15) is 13.3 Å². The predicted octanol–water partition coefficient (Wildman–Crippen LogP) is 5.41. The molecular formula is C16H15BrCl2O2S2. The van der Waals surface area contributed by atoms with E-state index in [4.69, 9.17) is 23.2 Å². The molecule has 7 heteroatoms. The van der Waals surface area contributed by atoms with Crippen LogP contribution in [0.4, 0.5) is 0 Å². The summed E-state index contributed by atoms with van der Waals surface area (Å²) in [5.41, 5.74) is 0. The van der Waals surface area contributed by atoms with Crippen LogP contribution in [0.2, 0.25) is 10.0 Å². The normalized spacial score (nSPS) is 16.5. The first kappa shape index (κ1) is 19.1. The van der Waals surface area contributed by atoms with Gasteiger partial charge in [0, 0.05) is 0 Å². The molecule has 0 heterocycles. The number of rotatable bonds is 6. The summed E-state index contributed by atoms with van der Waals surface area (Å²) in [5.74, 6) is 0. The van der Waals surface area contributed by atoms with Gasteiger partial charge in [-0.1, -0.05) is 70.3 Å². The summed E-state index contributed by atoms with van der Waals surface area (Å²) in [6.45, 7) is 1.91. The summed E-state index contributed by atoms with van der Waals surface area (Å²) in [6, 6.07) is 14.0. The summed E-state index contributed by atoms with van der Waals surface area (Å²) in [6.07, 6.45) is 0.587. The highest BCUT2D eigenvalue weighted by Gasteiger charge is 2.31. The SMILES string of the molecule is CCC(C(Br)S(=O)c1ccccc1Cl)S(=O)c1ccccc1Cl. The van der Waals surface area contributed by atoms with Crippen LogP contribution in [0.15, 0.2) is 58.3 Å². The molecule has 0 bridgehead atoms. The minimum absolute atomic E-state index is 0.355. The molecule has 0 N–H and O–H groups in total. The van der Waals surface area contributed by atoms with E-state index in [1.807, 2.05) is 6.92 Å². The van der Waals surface area contributed by atoms with Crippen molar-refractivity contribution in [2.24, 2.45) is 0 Å². The fourth-order valence-electron chi connectivity index (χ4n) is 2.07. The van der Waals surface area contributed by atoms with Crippen LogP contribution in [0, 0.1) is 0 Å². The van der Waals surface area contributed by atoms with Crippen LogP contribution in [0.5, 0.6) is 0 Å². The first-order chi connectivity index (χ1) is 11.0. The van der Waals surface area contributed by atoms with Gasteiger partial charge in [0.25, 0.3) is 0 Å². The van der Waals surface area contributed by atoms with E-state index in [2.05, 4.69) is 15.9 Å². The van der Waals surface area contributed by atoms with Gasteiger partial charge in [0.15, 0.2) is 0 Å². The monoisotopic (exact) mass is 452 g/mol. The molecule has 23 heavy (non-hydrogen) atoms. The van der Waals surface area contributed by atoms with Gasteiger partial charge in [-0.05, 0) is 30.7 Å². The first-order valence-corrected chi connectivity index (χ1v) is 11.0. The van der Waals surface area contributed by atoms with Crippen LogP contribution < -0.4 is 0 Å². The van der Waals surface area contributed by atoms with E-state index in [0.717, 1.165) is 0 Å². The lowest BCUT2D eigenvalue weighted by molar-refractivity contribution is 0.660. The largest absolute Gasteiger partial charge is 0.254 e. The smallest absolute Gasteiger partial charge is 0.109 e. The van der Waals surface area contributed by atoms with Crippen LogP contribution >= 0.6 is 39.1 Å². The van der Waals surface area contributed by atoms with Crippen molar-refractivity contribution in [2.75, 3.05) is 0 Å². The average molecular weight is 454 g/mol. The summed E-state index contributed by atoms with van der Waals surface area (Å²) in [7, 11) is -2.80. The van der Waals surface area contributed by atoms with Gasteiger partial charge in [0.1, 0.15) is 4.16 Å². The number of halogens is 3. The summed E-state index contributed by atoms with van der Waals surface area (Å²) in [5, 5.41) is 0.535. The Labute approximate surface area is 159 Å². The number of hydrogen-bond acceptors (Lipinski definition) is 2. The molecule has 0 aliphatic rings. The third kappa shape index (κ3) is 4.45. The lowest BCUT2D eigenvalue weighted by Crippen LogP contribution is -2.29. The molecule has 0 spiro atoms. The quantitative estimate of drug-likeness (QED) is 0.548. The summed E-state index contributed by atoms with van der Waals surface area (Å²) < 4.78 is 25.2. The van der Waals surface area contributed by atoms with Gasteiger partial charge in [0.05, 0.1) is 46.7 Å². The van der Waals surface area contributed by atoms with Crippen molar-refractivity contribution in [3.63, 3.8) is 0 Å².